The van der Waals surface area contributed by atoms with Crippen LogP contribution in [0.15, 0.2) is 66.7 Å². The number of hydrogen-bond acceptors (Lipinski definition) is 2. The number of halogens is 1. The van der Waals surface area contributed by atoms with Crippen molar-refractivity contribution in [2.24, 2.45) is 0 Å². The van der Waals surface area contributed by atoms with E-state index in [0.29, 0.717) is 44.0 Å². The molecule has 4 nitrogen and oxygen atoms in total. The third-order valence-corrected chi connectivity index (χ3v) is 5.73. The fraction of sp³-hybridized carbons (Fsp3) is 0.250. The van der Waals surface area contributed by atoms with Gasteiger partial charge in [-0.2, -0.15) is 0 Å². The number of rotatable bonds is 4. The molecular formula is C24H23ClN2O2. The quantitative estimate of drug-likeness (QED) is 0.643. The van der Waals surface area contributed by atoms with E-state index in [1.54, 1.807) is 0 Å². The second-order valence-corrected chi connectivity index (χ2v) is 7.76. The largest absolute Gasteiger partial charge is 0.339 e. The highest BCUT2D eigenvalue weighted by atomic mass is 35.5. The SMILES string of the molecule is O=C(CCc1ccc(Cl)cc1)N1CCN(C(=O)c2cccc3ccccc23)CC1. The van der Waals surface area contributed by atoms with Gasteiger partial charge in [0.05, 0.1) is 0 Å². The summed E-state index contributed by atoms with van der Waals surface area (Å²) in [6.45, 7) is 2.29. The first-order valence-electron chi connectivity index (χ1n) is 9.91. The molecule has 2 amide bonds. The Labute approximate surface area is 175 Å². The number of piperazine rings is 1. The first-order valence-corrected chi connectivity index (χ1v) is 10.3. The van der Waals surface area contributed by atoms with E-state index < -0.39 is 0 Å². The summed E-state index contributed by atoms with van der Waals surface area (Å²) in [5.74, 6) is 0.173. The minimum Gasteiger partial charge on any atom is -0.339 e. The molecule has 1 fully saturated rings. The molecular weight excluding hydrogens is 384 g/mol. The molecule has 0 saturated carbocycles. The molecule has 1 heterocycles. The predicted octanol–water partition coefficient (Wildman–Crippen LogP) is 4.41. The molecule has 0 aromatic heterocycles. The zero-order valence-corrected chi connectivity index (χ0v) is 16.9. The second-order valence-electron chi connectivity index (χ2n) is 7.33. The Morgan fingerprint density at radius 2 is 1.45 bits per heavy atom. The van der Waals surface area contributed by atoms with E-state index in [1.807, 2.05) is 76.5 Å². The van der Waals surface area contributed by atoms with E-state index in [2.05, 4.69) is 0 Å². The fourth-order valence-electron chi connectivity index (χ4n) is 3.80. The molecule has 1 aliphatic rings. The molecule has 1 aliphatic heterocycles. The molecule has 29 heavy (non-hydrogen) atoms. The van der Waals surface area contributed by atoms with Gasteiger partial charge in [0.1, 0.15) is 0 Å². The van der Waals surface area contributed by atoms with E-state index in [0.717, 1.165) is 21.9 Å². The Morgan fingerprint density at radius 1 is 0.793 bits per heavy atom. The minimum absolute atomic E-state index is 0.0371. The lowest BCUT2D eigenvalue weighted by atomic mass is 10.0. The summed E-state index contributed by atoms with van der Waals surface area (Å²) < 4.78 is 0. The number of fused-ring (bicyclic) bond motifs is 1. The van der Waals surface area contributed by atoms with E-state index in [1.165, 1.54) is 0 Å². The van der Waals surface area contributed by atoms with Gasteiger partial charge in [-0.15, -0.1) is 0 Å². The van der Waals surface area contributed by atoms with Crippen LogP contribution < -0.4 is 0 Å². The molecule has 3 aromatic rings. The molecule has 148 valence electrons. The molecule has 0 N–H and O–H groups in total. The highest BCUT2D eigenvalue weighted by Gasteiger charge is 2.25. The molecule has 0 unspecified atom stereocenters. The Kier molecular flexibility index (Phi) is 5.81. The molecule has 0 spiro atoms. The molecule has 4 rings (SSSR count). The van der Waals surface area contributed by atoms with Crippen LogP contribution in [0.3, 0.4) is 0 Å². The summed E-state index contributed by atoms with van der Waals surface area (Å²) in [7, 11) is 0. The van der Waals surface area contributed by atoms with Crippen molar-refractivity contribution in [2.45, 2.75) is 12.8 Å². The summed E-state index contributed by atoms with van der Waals surface area (Å²) >= 11 is 5.90. The summed E-state index contributed by atoms with van der Waals surface area (Å²) in [5.41, 5.74) is 1.83. The minimum atomic E-state index is 0.0371. The normalized spacial score (nSPS) is 14.2. The van der Waals surface area contributed by atoms with Crippen molar-refractivity contribution in [3.8, 4) is 0 Å². The predicted molar refractivity (Wildman–Crippen MR) is 116 cm³/mol. The Morgan fingerprint density at radius 3 is 2.21 bits per heavy atom. The number of benzene rings is 3. The molecule has 0 aliphatic carbocycles. The van der Waals surface area contributed by atoms with Crippen LogP contribution >= 0.6 is 11.6 Å². The van der Waals surface area contributed by atoms with Crippen molar-refractivity contribution < 1.29 is 9.59 Å². The number of carbonyl (C=O) groups excluding carboxylic acids is 2. The Hall–Kier alpha value is -2.85. The lowest BCUT2D eigenvalue weighted by Gasteiger charge is -2.35. The highest BCUT2D eigenvalue weighted by Crippen LogP contribution is 2.21. The topological polar surface area (TPSA) is 40.6 Å². The van der Waals surface area contributed by atoms with Gasteiger partial charge >= 0.3 is 0 Å². The van der Waals surface area contributed by atoms with Crippen LogP contribution in [0, 0.1) is 0 Å². The zero-order chi connectivity index (χ0) is 20.2. The van der Waals surface area contributed by atoms with Crippen LogP contribution in [0.4, 0.5) is 0 Å². The smallest absolute Gasteiger partial charge is 0.254 e. The molecule has 5 heteroatoms. The maximum Gasteiger partial charge on any atom is 0.254 e. The van der Waals surface area contributed by atoms with E-state index in [-0.39, 0.29) is 11.8 Å². The number of aryl methyl sites for hydroxylation is 1. The van der Waals surface area contributed by atoms with E-state index in [9.17, 15) is 9.59 Å². The van der Waals surface area contributed by atoms with Crippen molar-refractivity contribution in [3.63, 3.8) is 0 Å². The number of hydrogen-bond donors (Lipinski definition) is 0. The summed E-state index contributed by atoms with van der Waals surface area (Å²) in [6, 6.07) is 21.4. The average molecular weight is 407 g/mol. The molecule has 0 bridgehead atoms. The van der Waals surface area contributed by atoms with Gasteiger partial charge in [-0.05, 0) is 41.0 Å². The van der Waals surface area contributed by atoms with Crippen molar-refractivity contribution in [1.82, 2.24) is 9.80 Å². The van der Waals surface area contributed by atoms with Crippen molar-refractivity contribution >= 4 is 34.2 Å². The second kappa shape index (κ2) is 8.66. The number of nitrogens with zero attached hydrogens (tertiary/aromatic N) is 2. The first-order chi connectivity index (χ1) is 14.1. The average Bonchev–Trinajstić information content (AvgIpc) is 2.78. The van der Waals surface area contributed by atoms with Gasteiger partial charge in [-0.1, -0.05) is 60.1 Å². The van der Waals surface area contributed by atoms with Gasteiger partial charge < -0.3 is 9.80 Å². The van der Waals surface area contributed by atoms with Crippen molar-refractivity contribution in [2.75, 3.05) is 26.2 Å². The first kappa shape index (κ1) is 19.5. The van der Waals surface area contributed by atoms with Gasteiger partial charge in [-0.3, -0.25) is 9.59 Å². The molecule has 0 radical (unpaired) electrons. The van der Waals surface area contributed by atoms with Gasteiger partial charge in [0, 0.05) is 43.2 Å². The van der Waals surface area contributed by atoms with Crippen LogP contribution in [0.2, 0.25) is 5.02 Å². The number of carbonyl (C=O) groups is 2. The van der Waals surface area contributed by atoms with Gasteiger partial charge in [-0.25, -0.2) is 0 Å². The maximum atomic E-state index is 13.0. The summed E-state index contributed by atoms with van der Waals surface area (Å²) in [6.07, 6.45) is 1.17. The van der Waals surface area contributed by atoms with Gasteiger partial charge in [0.15, 0.2) is 0 Å². The number of amides is 2. The molecule has 0 atom stereocenters. The van der Waals surface area contributed by atoms with Gasteiger partial charge in [0.25, 0.3) is 5.91 Å². The van der Waals surface area contributed by atoms with Crippen LogP contribution in [0.5, 0.6) is 0 Å². The lowest BCUT2D eigenvalue weighted by Crippen LogP contribution is -2.50. The summed E-state index contributed by atoms with van der Waals surface area (Å²) in [4.78, 5) is 29.3. The van der Waals surface area contributed by atoms with E-state index >= 15 is 0 Å². The van der Waals surface area contributed by atoms with Crippen LogP contribution in [-0.4, -0.2) is 47.8 Å². The maximum absolute atomic E-state index is 13.0. The standard InChI is InChI=1S/C24H23ClN2O2/c25-20-11-8-18(9-12-20)10-13-23(28)26-14-16-27(17-15-26)24(29)22-7-3-5-19-4-1-2-6-21(19)22/h1-9,11-12H,10,13-17H2. The molecule has 1 saturated heterocycles. The fourth-order valence-corrected chi connectivity index (χ4v) is 3.93. The summed E-state index contributed by atoms with van der Waals surface area (Å²) in [5, 5.41) is 2.74. The van der Waals surface area contributed by atoms with Crippen molar-refractivity contribution in [3.05, 3.63) is 82.9 Å². The third kappa shape index (κ3) is 4.43. The zero-order valence-electron chi connectivity index (χ0n) is 16.2. The van der Waals surface area contributed by atoms with E-state index in [4.69, 9.17) is 11.6 Å². The third-order valence-electron chi connectivity index (χ3n) is 5.48. The monoisotopic (exact) mass is 406 g/mol. The highest BCUT2D eigenvalue weighted by molar-refractivity contribution is 6.30. The van der Waals surface area contributed by atoms with Crippen LogP contribution in [-0.2, 0) is 11.2 Å². The van der Waals surface area contributed by atoms with Crippen LogP contribution in [0.25, 0.3) is 10.8 Å². The molecule has 3 aromatic carbocycles. The van der Waals surface area contributed by atoms with Crippen molar-refractivity contribution in [1.29, 1.82) is 0 Å². The lowest BCUT2D eigenvalue weighted by molar-refractivity contribution is -0.132. The van der Waals surface area contributed by atoms with Gasteiger partial charge in [0.2, 0.25) is 5.91 Å². The Balaban J connectivity index is 1.34. The Bertz CT molecular complexity index is 1020. The van der Waals surface area contributed by atoms with Crippen LogP contribution in [0.1, 0.15) is 22.3 Å².